The van der Waals surface area contributed by atoms with Crippen LogP contribution in [-0.4, -0.2) is 31.1 Å². The Morgan fingerprint density at radius 2 is 1.94 bits per heavy atom. The van der Waals surface area contributed by atoms with E-state index in [0.29, 0.717) is 13.0 Å². The van der Waals surface area contributed by atoms with Gasteiger partial charge in [0, 0.05) is 21.0 Å². The van der Waals surface area contributed by atoms with E-state index in [0.717, 1.165) is 26.4 Å². The average Bonchev–Trinajstić information content (AvgIpc) is 2.32. The van der Waals surface area contributed by atoms with Crippen molar-refractivity contribution in [2.45, 2.75) is 39.5 Å². The number of carbonyl (C=O) groups is 1. The van der Waals surface area contributed by atoms with E-state index in [2.05, 4.69) is 14.4 Å². The quantitative estimate of drug-likeness (QED) is 0.475. The molecule has 0 saturated heterocycles. The van der Waals surface area contributed by atoms with E-state index in [1.165, 1.54) is 0 Å². The molecular formula is C11H26NO5P. The molecule has 0 aromatic heterocycles. The zero-order valence-electron chi connectivity index (χ0n) is 11.3. The Hall–Kier alpha value is -0.420. The highest BCUT2D eigenvalue weighted by Crippen LogP contribution is 2.41. The van der Waals surface area contributed by atoms with E-state index in [4.69, 9.17) is 4.89 Å². The second kappa shape index (κ2) is 9.50. The Bertz CT molecular complexity index is 288. The fourth-order valence-electron chi connectivity index (χ4n) is 1.23. The topological polar surface area (TPSA) is 84.9 Å². The van der Waals surface area contributed by atoms with Crippen molar-refractivity contribution < 1.29 is 24.7 Å². The summed E-state index contributed by atoms with van der Waals surface area (Å²) in [6, 6.07) is 0. The van der Waals surface area contributed by atoms with Crippen LogP contribution in [0, 0.1) is 5.92 Å². The summed E-state index contributed by atoms with van der Waals surface area (Å²) in [5, 5.41) is 2.83. The predicted octanol–water partition coefficient (Wildman–Crippen LogP) is 2.33. The fraction of sp³-hybridized carbons (Fsp3) is 0.909. The first-order valence-corrected chi connectivity index (χ1v) is 7.69. The van der Waals surface area contributed by atoms with Crippen molar-refractivity contribution in [1.82, 2.24) is 5.32 Å². The molecule has 7 heteroatoms. The van der Waals surface area contributed by atoms with Gasteiger partial charge < -0.3 is 10.2 Å². The Kier molecular flexibility index (Phi) is 9.28. The molecule has 0 aliphatic heterocycles. The lowest BCUT2D eigenvalue weighted by molar-refractivity contribution is -0.123. The van der Waals surface area contributed by atoms with Gasteiger partial charge in [-0.25, -0.2) is 4.57 Å². The second-order valence-corrected chi connectivity index (χ2v) is 5.90. The van der Waals surface area contributed by atoms with E-state index in [9.17, 15) is 9.36 Å². The summed E-state index contributed by atoms with van der Waals surface area (Å²) in [6.07, 6.45) is 3.44. The maximum absolute atomic E-state index is 11.2. The highest BCUT2D eigenvalue weighted by Gasteiger charge is 2.17. The van der Waals surface area contributed by atoms with Crippen LogP contribution in [0.25, 0.3) is 0 Å². The van der Waals surface area contributed by atoms with Gasteiger partial charge in [0.2, 0.25) is 5.91 Å². The Morgan fingerprint density at radius 1 is 1.33 bits per heavy atom. The summed E-state index contributed by atoms with van der Waals surface area (Å²) in [7, 11) is -2.68. The molecule has 0 rings (SSSR count). The standard InChI is InChI=1S/C11H24NO5P.H2/c1-10(2)11(13)12-8-6-4-5-7-9-17-18(14,15)16-3;/h10H,4-9H2,1-3H3,(H,12,13)(H,14,15);1H. The highest BCUT2D eigenvalue weighted by molar-refractivity contribution is 7.47. The number of rotatable bonds is 10. The van der Waals surface area contributed by atoms with E-state index in [-0.39, 0.29) is 19.9 Å². The van der Waals surface area contributed by atoms with Gasteiger partial charge in [-0.15, -0.1) is 0 Å². The Balaban J connectivity index is 0. The number of amides is 1. The summed E-state index contributed by atoms with van der Waals surface area (Å²) in [6.45, 7) is 4.60. The van der Waals surface area contributed by atoms with Gasteiger partial charge >= 0.3 is 7.82 Å². The van der Waals surface area contributed by atoms with Crippen molar-refractivity contribution in [2.24, 2.45) is 5.92 Å². The van der Waals surface area contributed by atoms with Crippen LogP contribution in [0.1, 0.15) is 41.0 Å². The third kappa shape index (κ3) is 9.59. The fourth-order valence-corrected chi connectivity index (χ4v) is 1.69. The number of unbranched alkanes of at least 4 members (excludes halogenated alkanes) is 3. The smallest absolute Gasteiger partial charge is 0.356 e. The van der Waals surface area contributed by atoms with Gasteiger partial charge in [-0.05, 0) is 12.8 Å². The molecule has 0 spiro atoms. The molecule has 0 aromatic rings. The average molecular weight is 283 g/mol. The first-order chi connectivity index (χ1) is 8.39. The molecule has 0 saturated carbocycles. The van der Waals surface area contributed by atoms with Crippen LogP contribution in [0.15, 0.2) is 0 Å². The van der Waals surface area contributed by atoms with Gasteiger partial charge in [0.25, 0.3) is 0 Å². The lowest BCUT2D eigenvalue weighted by Gasteiger charge is -2.09. The van der Waals surface area contributed by atoms with Gasteiger partial charge in [0.1, 0.15) is 0 Å². The third-order valence-electron chi connectivity index (χ3n) is 2.38. The minimum absolute atomic E-state index is 0. The van der Waals surface area contributed by atoms with Crippen LogP contribution in [0.4, 0.5) is 0 Å². The number of phosphoric ester groups is 1. The molecule has 6 nitrogen and oxygen atoms in total. The molecule has 0 bridgehead atoms. The number of carbonyl (C=O) groups excluding carboxylic acids is 1. The minimum Gasteiger partial charge on any atom is -0.356 e. The molecule has 1 amide bonds. The molecule has 0 aromatic carbocycles. The van der Waals surface area contributed by atoms with E-state index < -0.39 is 7.82 Å². The lowest BCUT2D eigenvalue weighted by Crippen LogP contribution is -2.28. The largest absolute Gasteiger partial charge is 0.471 e. The van der Waals surface area contributed by atoms with Gasteiger partial charge in [-0.3, -0.25) is 13.8 Å². The normalized spacial score (nSPS) is 14.5. The van der Waals surface area contributed by atoms with Crippen molar-refractivity contribution >= 4 is 13.7 Å². The molecule has 2 N–H and O–H groups in total. The monoisotopic (exact) mass is 283 g/mol. The van der Waals surface area contributed by atoms with Gasteiger partial charge in [0.05, 0.1) is 6.61 Å². The Morgan fingerprint density at radius 3 is 2.50 bits per heavy atom. The molecule has 1 unspecified atom stereocenters. The summed E-state index contributed by atoms with van der Waals surface area (Å²) in [5.41, 5.74) is 0. The van der Waals surface area contributed by atoms with Crippen molar-refractivity contribution in [1.29, 1.82) is 0 Å². The molecule has 110 valence electrons. The predicted molar refractivity (Wildman–Crippen MR) is 71.2 cm³/mol. The number of nitrogens with one attached hydrogen (secondary N) is 1. The van der Waals surface area contributed by atoms with Gasteiger partial charge in [-0.2, -0.15) is 0 Å². The summed E-state index contributed by atoms with van der Waals surface area (Å²) >= 11 is 0. The molecule has 0 radical (unpaired) electrons. The zero-order chi connectivity index (χ0) is 14.0. The van der Waals surface area contributed by atoms with Crippen LogP contribution in [0.5, 0.6) is 0 Å². The van der Waals surface area contributed by atoms with Crippen molar-refractivity contribution in [3.63, 3.8) is 0 Å². The first-order valence-electron chi connectivity index (χ1n) is 6.20. The summed E-state index contributed by atoms with van der Waals surface area (Å²) < 4.78 is 19.9. The van der Waals surface area contributed by atoms with Crippen LogP contribution in [0.3, 0.4) is 0 Å². The van der Waals surface area contributed by atoms with Crippen LogP contribution < -0.4 is 5.32 Å². The number of hydrogen-bond acceptors (Lipinski definition) is 4. The minimum atomic E-state index is -3.82. The first kappa shape index (κ1) is 17.6. The molecule has 0 fully saturated rings. The van der Waals surface area contributed by atoms with Crippen molar-refractivity contribution in [3.8, 4) is 0 Å². The third-order valence-corrected chi connectivity index (χ3v) is 3.35. The summed E-state index contributed by atoms with van der Waals surface area (Å²) in [5.74, 6) is 0.0887. The van der Waals surface area contributed by atoms with Gasteiger partial charge in [-0.1, -0.05) is 26.7 Å². The zero-order valence-corrected chi connectivity index (χ0v) is 12.2. The lowest BCUT2D eigenvalue weighted by atomic mass is 10.2. The molecule has 0 heterocycles. The molecular weight excluding hydrogens is 257 g/mol. The molecule has 1 atom stereocenters. The van der Waals surface area contributed by atoms with Crippen LogP contribution >= 0.6 is 7.82 Å². The molecule has 0 aliphatic rings. The number of phosphoric acid groups is 1. The maximum Gasteiger partial charge on any atom is 0.471 e. The van der Waals surface area contributed by atoms with Crippen molar-refractivity contribution in [3.05, 3.63) is 0 Å². The number of hydrogen-bond donors (Lipinski definition) is 2. The van der Waals surface area contributed by atoms with E-state index >= 15 is 0 Å². The second-order valence-electron chi connectivity index (χ2n) is 4.34. The van der Waals surface area contributed by atoms with Crippen LogP contribution in [-0.2, 0) is 18.4 Å². The van der Waals surface area contributed by atoms with Crippen molar-refractivity contribution in [2.75, 3.05) is 20.3 Å². The molecule has 0 aliphatic carbocycles. The Labute approximate surface area is 110 Å². The highest BCUT2D eigenvalue weighted by atomic mass is 31.2. The van der Waals surface area contributed by atoms with Gasteiger partial charge in [0.15, 0.2) is 0 Å². The SMILES string of the molecule is COP(=O)(O)OCCCCCCNC(=O)C(C)C.[HH]. The van der Waals surface area contributed by atoms with E-state index in [1.54, 1.807) is 0 Å². The molecule has 18 heavy (non-hydrogen) atoms. The van der Waals surface area contributed by atoms with E-state index in [1.807, 2.05) is 13.8 Å². The van der Waals surface area contributed by atoms with Crippen LogP contribution in [0.2, 0.25) is 0 Å². The maximum atomic E-state index is 11.2. The summed E-state index contributed by atoms with van der Waals surface area (Å²) in [4.78, 5) is 20.2.